The number of carbonyl (C=O) groups excluding carboxylic acids is 1. The molecule has 29 heavy (non-hydrogen) atoms. The lowest BCUT2D eigenvalue weighted by atomic mass is 10.1. The summed E-state index contributed by atoms with van der Waals surface area (Å²) in [6.45, 7) is 1.81. The van der Waals surface area contributed by atoms with E-state index in [0.29, 0.717) is 17.2 Å². The molecule has 3 rings (SSSR count). The van der Waals surface area contributed by atoms with Crippen LogP contribution >= 0.6 is 0 Å². The molecule has 0 aliphatic carbocycles. The second-order valence-electron chi connectivity index (χ2n) is 6.55. The Hall–Kier alpha value is -3.47. The first kappa shape index (κ1) is 20.3. The molecule has 150 valence electrons. The molecule has 0 saturated carbocycles. The van der Waals surface area contributed by atoms with Crippen LogP contribution in [-0.4, -0.2) is 26.7 Å². The van der Waals surface area contributed by atoms with Gasteiger partial charge in [-0.05, 0) is 36.8 Å². The molecule has 0 saturated heterocycles. The Morgan fingerprint density at radius 2 is 1.62 bits per heavy atom. The fourth-order valence-electron chi connectivity index (χ4n) is 3.13. The summed E-state index contributed by atoms with van der Waals surface area (Å²) < 4.78 is 16.5. The van der Waals surface area contributed by atoms with Crippen molar-refractivity contribution < 1.29 is 19.0 Å². The summed E-state index contributed by atoms with van der Waals surface area (Å²) in [5.41, 5.74) is 2.83. The van der Waals surface area contributed by atoms with E-state index in [1.807, 2.05) is 79.7 Å². The molecule has 0 spiro atoms. The molecule has 0 unspecified atom stereocenters. The fraction of sp³-hybridized carbons (Fsp3) is 0.208. The van der Waals surface area contributed by atoms with Gasteiger partial charge in [-0.25, -0.2) is 0 Å². The molecule has 0 heterocycles. The molecule has 0 bridgehead atoms. The highest BCUT2D eigenvalue weighted by molar-refractivity contribution is 5.79. The number of methoxy groups -OCH3 is 2. The molecule has 5 nitrogen and oxygen atoms in total. The Morgan fingerprint density at radius 1 is 0.897 bits per heavy atom. The van der Waals surface area contributed by atoms with Crippen molar-refractivity contribution in [2.45, 2.75) is 13.0 Å². The number of benzene rings is 3. The Kier molecular flexibility index (Phi) is 6.74. The van der Waals surface area contributed by atoms with Gasteiger partial charge in [0.15, 0.2) is 6.61 Å². The summed E-state index contributed by atoms with van der Waals surface area (Å²) in [4.78, 5) is 12.5. The Bertz CT molecular complexity index is 956. The van der Waals surface area contributed by atoms with Gasteiger partial charge < -0.3 is 19.5 Å². The van der Waals surface area contributed by atoms with E-state index in [-0.39, 0.29) is 18.6 Å². The Labute approximate surface area is 171 Å². The van der Waals surface area contributed by atoms with Crippen molar-refractivity contribution in [3.8, 4) is 28.4 Å². The predicted octanol–water partition coefficient (Wildman–Crippen LogP) is 4.63. The molecule has 0 aliphatic rings. The van der Waals surface area contributed by atoms with E-state index in [1.165, 1.54) is 0 Å². The largest absolute Gasteiger partial charge is 0.497 e. The number of amides is 1. The van der Waals surface area contributed by atoms with Crippen LogP contribution in [0.5, 0.6) is 17.2 Å². The van der Waals surface area contributed by atoms with E-state index in [0.717, 1.165) is 16.7 Å². The minimum absolute atomic E-state index is 0.0829. The first-order valence-corrected chi connectivity index (χ1v) is 9.41. The summed E-state index contributed by atoms with van der Waals surface area (Å²) in [6, 6.07) is 22.9. The molecule has 3 aromatic carbocycles. The van der Waals surface area contributed by atoms with Crippen LogP contribution in [0.4, 0.5) is 0 Å². The molecule has 3 aromatic rings. The van der Waals surface area contributed by atoms with Gasteiger partial charge in [-0.2, -0.15) is 0 Å². The zero-order chi connectivity index (χ0) is 20.6. The lowest BCUT2D eigenvalue weighted by molar-refractivity contribution is -0.123. The van der Waals surface area contributed by atoms with Crippen molar-refractivity contribution in [1.82, 2.24) is 5.32 Å². The average molecular weight is 391 g/mol. The van der Waals surface area contributed by atoms with Gasteiger partial charge in [-0.3, -0.25) is 4.79 Å². The molecule has 0 fully saturated rings. The number of hydrogen-bond donors (Lipinski definition) is 1. The van der Waals surface area contributed by atoms with Crippen molar-refractivity contribution in [3.63, 3.8) is 0 Å². The van der Waals surface area contributed by atoms with E-state index in [4.69, 9.17) is 14.2 Å². The number of ether oxygens (including phenoxy) is 3. The lowest BCUT2D eigenvalue weighted by Gasteiger charge is -2.19. The average Bonchev–Trinajstić information content (AvgIpc) is 2.78. The highest BCUT2D eigenvalue weighted by Crippen LogP contribution is 2.30. The SMILES string of the molecule is COc1ccc(OC)c([C@@H](C)NC(=O)COc2ccccc2-c2ccccc2)c1. The number of nitrogens with one attached hydrogen (secondary N) is 1. The Morgan fingerprint density at radius 3 is 2.34 bits per heavy atom. The summed E-state index contributed by atoms with van der Waals surface area (Å²) in [5.74, 6) is 1.84. The summed E-state index contributed by atoms with van der Waals surface area (Å²) >= 11 is 0. The minimum atomic E-state index is -0.263. The number of hydrogen-bond acceptors (Lipinski definition) is 4. The molecule has 1 amide bonds. The van der Waals surface area contributed by atoms with Gasteiger partial charge in [-0.1, -0.05) is 48.5 Å². The van der Waals surface area contributed by atoms with Crippen LogP contribution < -0.4 is 19.5 Å². The van der Waals surface area contributed by atoms with E-state index >= 15 is 0 Å². The van der Waals surface area contributed by atoms with Crippen molar-refractivity contribution in [2.75, 3.05) is 20.8 Å². The monoisotopic (exact) mass is 391 g/mol. The molecular formula is C24H25NO4. The molecular weight excluding hydrogens is 366 g/mol. The number of carbonyl (C=O) groups is 1. The number of rotatable bonds is 8. The second-order valence-corrected chi connectivity index (χ2v) is 6.55. The summed E-state index contributed by atoms with van der Waals surface area (Å²) in [5, 5.41) is 2.95. The maximum absolute atomic E-state index is 12.5. The normalized spacial score (nSPS) is 11.4. The summed E-state index contributed by atoms with van der Waals surface area (Å²) in [6.07, 6.45) is 0. The van der Waals surface area contributed by atoms with Gasteiger partial charge in [0, 0.05) is 11.1 Å². The van der Waals surface area contributed by atoms with E-state index in [2.05, 4.69) is 5.32 Å². The molecule has 1 N–H and O–H groups in total. The van der Waals surface area contributed by atoms with Crippen LogP contribution in [0, 0.1) is 0 Å². The topological polar surface area (TPSA) is 56.8 Å². The van der Waals surface area contributed by atoms with Gasteiger partial charge in [-0.15, -0.1) is 0 Å². The van der Waals surface area contributed by atoms with Crippen LogP contribution in [0.15, 0.2) is 72.8 Å². The summed E-state index contributed by atoms with van der Waals surface area (Å²) in [7, 11) is 3.20. The molecule has 5 heteroatoms. The van der Waals surface area contributed by atoms with Crippen molar-refractivity contribution in [3.05, 3.63) is 78.4 Å². The lowest BCUT2D eigenvalue weighted by Crippen LogP contribution is -2.31. The molecule has 1 atom stereocenters. The maximum Gasteiger partial charge on any atom is 0.258 e. The standard InChI is InChI=1S/C24H25NO4/c1-17(21-15-19(27-2)13-14-22(21)28-3)25-24(26)16-29-23-12-8-7-11-20(23)18-9-5-4-6-10-18/h4-15,17H,16H2,1-3H3,(H,25,26)/t17-/m1/s1. The van der Waals surface area contributed by atoms with E-state index in [9.17, 15) is 4.79 Å². The van der Waals surface area contributed by atoms with Crippen molar-refractivity contribution in [2.24, 2.45) is 0 Å². The molecule has 0 aromatic heterocycles. The smallest absolute Gasteiger partial charge is 0.258 e. The van der Waals surface area contributed by atoms with Crippen molar-refractivity contribution >= 4 is 5.91 Å². The molecule has 0 aliphatic heterocycles. The second kappa shape index (κ2) is 9.64. The third-order valence-electron chi connectivity index (χ3n) is 4.61. The quantitative estimate of drug-likeness (QED) is 0.608. The van der Waals surface area contributed by atoms with Crippen LogP contribution in [0.2, 0.25) is 0 Å². The zero-order valence-corrected chi connectivity index (χ0v) is 16.8. The van der Waals surface area contributed by atoms with Gasteiger partial charge in [0.05, 0.1) is 20.3 Å². The fourth-order valence-corrected chi connectivity index (χ4v) is 3.13. The third-order valence-corrected chi connectivity index (χ3v) is 4.61. The van der Waals surface area contributed by atoms with Gasteiger partial charge in [0.1, 0.15) is 17.2 Å². The maximum atomic E-state index is 12.5. The van der Waals surface area contributed by atoms with Crippen LogP contribution in [0.1, 0.15) is 18.5 Å². The highest BCUT2D eigenvalue weighted by atomic mass is 16.5. The molecule has 0 radical (unpaired) electrons. The van der Waals surface area contributed by atoms with E-state index < -0.39 is 0 Å². The van der Waals surface area contributed by atoms with Crippen LogP contribution in [0.3, 0.4) is 0 Å². The Balaban J connectivity index is 1.67. The van der Waals surface area contributed by atoms with Crippen molar-refractivity contribution in [1.29, 1.82) is 0 Å². The van der Waals surface area contributed by atoms with Crippen LogP contribution in [-0.2, 0) is 4.79 Å². The third kappa shape index (κ3) is 5.08. The zero-order valence-electron chi connectivity index (χ0n) is 16.8. The van der Waals surface area contributed by atoms with Gasteiger partial charge in [0.25, 0.3) is 5.91 Å². The van der Waals surface area contributed by atoms with E-state index in [1.54, 1.807) is 14.2 Å². The predicted molar refractivity (Wildman–Crippen MR) is 113 cm³/mol. The van der Waals surface area contributed by atoms with Gasteiger partial charge in [0.2, 0.25) is 0 Å². The number of para-hydroxylation sites is 1. The highest BCUT2D eigenvalue weighted by Gasteiger charge is 2.16. The first-order chi connectivity index (χ1) is 14.1. The van der Waals surface area contributed by atoms with Gasteiger partial charge >= 0.3 is 0 Å². The van der Waals surface area contributed by atoms with Crippen LogP contribution in [0.25, 0.3) is 11.1 Å². The minimum Gasteiger partial charge on any atom is -0.497 e. The first-order valence-electron chi connectivity index (χ1n) is 9.41.